The molecule has 0 fully saturated rings. The van der Waals surface area contributed by atoms with E-state index in [1.54, 1.807) is 7.11 Å². The number of hydrogen-bond donors (Lipinski definition) is 2. The third-order valence-corrected chi connectivity index (χ3v) is 2.78. The summed E-state index contributed by atoms with van der Waals surface area (Å²) in [6.45, 7) is 9.05. The average Bonchev–Trinajstić information content (AvgIpc) is 2.71. The number of ether oxygens (including phenoxy) is 1. The van der Waals surface area contributed by atoms with E-state index in [-0.39, 0.29) is 17.5 Å². The predicted octanol–water partition coefficient (Wildman–Crippen LogP) is 2.62. The molecule has 0 aliphatic rings. The number of urea groups is 1. The second-order valence-corrected chi connectivity index (χ2v) is 5.64. The summed E-state index contributed by atoms with van der Waals surface area (Å²) >= 11 is 0. The number of carbonyl (C=O) groups excluding carboxylic acids is 1. The molecular formula is C14H24N2O3. The summed E-state index contributed by atoms with van der Waals surface area (Å²) in [5.74, 6) is 1.61. The summed E-state index contributed by atoms with van der Waals surface area (Å²) in [5.41, 5.74) is -0.136. The molecule has 0 saturated carbocycles. The van der Waals surface area contributed by atoms with E-state index in [4.69, 9.17) is 9.15 Å². The molecule has 1 heterocycles. The van der Waals surface area contributed by atoms with Gasteiger partial charge in [0.15, 0.2) is 0 Å². The Morgan fingerprint density at radius 1 is 1.42 bits per heavy atom. The van der Waals surface area contributed by atoms with Crippen LogP contribution in [0.25, 0.3) is 0 Å². The Labute approximate surface area is 114 Å². The highest BCUT2D eigenvalue weighted by atomic mass is 16.5. The van der Waals surface area contributed by atoms with E-state index in [2.05, 4.69) is 31.4 Å². The molecule has 19 heavy (non-hydrogen) atoms. The highest BCUT2D eigenvalue weighted by Gasteiger charge is 2.30. The monoisotopic (exact) mass is 268 g/mol. The Kier molecular flexibility index (Phi) is 5.42. The molecule has 2 amide bonds. The molecule has 0 aliphatic heterocycles. The van der Waals surface area contributed by atoms with Crippen LogP contribution in [0.3, 0.4) is 0 Å². The molecule has 1 rings (SSSR count). The number of aryl methyl sites for hydroxylation is 1. The molecule has 0 spiro atoms. The van der Waals surface area contributed by atoms with Crippen molar-refractivity contribution in [2.24, 2.45) is 5.41 Å². The maximum Gasteiger partial charge on any atom is 0.315 e. The fourth-order valence-electron chi connectivity index (χ4n) is 1.77. The van der Waals surface area contributed by atoms with Gasteiger partial charge >= 0.3 is 6.03 Å². The zero-order valence-corrected chi connectivity index (χ0v) is 12.4. The average molecular weight is 268 g/mol. The van der Waals surface area contributed by atoms with Gasteiger partial charge in [0.25, 0.3) is 0 Å². The van der Waals surface area contributed by atoms with Gasteiger partial charge in [0.1, 0.15) is 11.5 Å². The summed E-state index contributed by atoms with van der Waals surface area (Å²) < 4.78 is 10.5. The SMILES string of the molecule is COCCNC(=O)N[C@@H](c1ccc(C)o1)C(C)(C)C. The second kappa shape index (κ2) is 6.61. The molecule has 0 bridgehead atoms. The lowest BCUT2D eigenvalue weighted by Crippen LogP contribution is -2.43. The molecule has 2 N–H and O–H groups in total. The van der Waals surface area contributed by atoms with Gasteiger partial charge in [-0.1, -0.05) is 20.8 Å². The Morgan fingerprint density at radius 3 is 2.58 bits per heavy atom. The van der Waals surface area contributed by atoms with Gasteiger partial charge in [0, 0.05) is 13.7 Å². The molecule has 0 saturated heterocycles. The third-order valence-electron chi connectivity index (χ3n) is 2.78. The Morgan fingerprint density at radius 2 is 2.11 bits per heavy atom. The predicted molar refractivity (Wildman–Crippen MR) is 74.1 cm³/mol. The molecule has 0 aliphatic carbocycles. The molecule has 1 aromatic rings. The van der Waals surface area contributed by atoms with E-state index in [0.29, 0.717) is 13.2 Å². The summed E-state index contributed by atoms with van der Waals surface area (Å²) in [7, 11) is 1.60. The van der Waals surface area contributed by atoms with Gasteiger partial charge in [-0.15, -0.1) is 0 Å². The van der Waals surface area contributed by atoms with Gasteiger partial charge in [-0.3, -0.25) is 0 Å². The summed E-state index contributed by atoms with van der Waals surface area (Å²) in [5, 5.41) is 5.69. The van der Waals surface area contributed by atoms with Crippen LogP contribution in [0, 0.1) is 12.3 Å². The zero-order valence-electron chi connectivity index (χ0n) is 12.4. The van der Waals surface area contributed by atoms with Crippen molar-refractivity contribution in [2.75, 3.05) is 20.3 Å². The molecule has 5 nitrogen and oxygen atoms in total. The van der Waals surface area contributed by atoms with Crippen LogP contribution in [0.4, 0.5) is 4.79 Å². The normalized spacial score (nSPS) is 13.1. The first kappa shape index (κ1) is 15.6. The van der Waals surface area contributed by atoms with Crippen LogP contribution in [0.5, 0.6) is 0 Å². The van der Waals surface area contributed by atoms with Crippen LogP contribution in [-0.4, -0.2) is 26.3 Å². The van der Waals surface area contributed by atoms with Crippen molar-refractivity contribution in [1.29, 1.82) is 0 Å². The van der Waals surface area contributed by atoms with E-state index in [9.17, 15) is 4.79 Å². The van der Waals surface area contributed by atoms with Gasteiger partial charge in [-0.05, 0) is 24.5 Å². The summed E-state index contributed by atoms with van der Waals surface area (Å²) in [6, 6.07) is 3.41. The van der Waals surface area contributed by atoms with E-state index < -0.39 is 0 Å². The van der Waals surface area contributed by atoms with Crippen molar-refractivity contribution in [1.82, 2.24) is 10.6 Å². The zero-order chi connectivity index (χ0) is 14.5. The summed E-state index contributed by atoms with van der Waals surface area (Å²) in [4.78, 5) is 11.8. The Balaban J connectivity index is 2.69. The maximum atomic E-state index is 11.8. The molecule has 1 aromatic heterocycles. The smallest absolute Gasteiger partial charge is 0.315 e. The minimum atomic E-state index is -0.217. The number of hydrogen-bond acceptors (Lipinski definition) is 3. The number of nitrogens with one attached hydrogen (secondary N) is 2. The molecular weight excluding hydrogens is 244 g/mol. The van der Waals surface area contributed by atoms with Crippen molar-refractivity contribution in [3.8, 4) is 0 Å². The van der Waals surface area contributed by atoms with E-state index in [1.807, 2.05) is 19.1 Å². The van der Waals surface area contributed by atoms with Crippen LogP contribution in [0.15, 0.2) is 16.5 Å². The highest BCUT2D eigenvalue weighted by molar-refractivity contribution is 5.74. The molecule has 1 atom stereocenters. The maximum absolute atomic E-state index is 11.8. The van der Waals surface area contributed by atoms with Gasteiger partial charge < -0.3 is 19.8 Å². The lowest BCUT2D eigenvalue weighted by molar-refractivity contribution is 0.187. The minimum Gasteiger partial charge on any atom is -0.464 e. The largest absolute Gasteiger partial charge is 0.464 e. The first-order valence-corrected chi connectivity index (χ1v) is 6.44. The second-order valence-electron chi connectivity index (χ2n) is 5.64. The van der Waals surface area contributed by atoms with Gasteiger partial charge in [0.05, 0.1) is 12.6 Å². The van der Waals surface area contributed by atoms with Crippen molar-refractivity contribution in [3.05, 3.63) is 23.7 Å². The molecule has 0 aromatic carbocycles. The molecule has 0 unspecified atom stereocenters. The van der Waals surface area contributed by atoms with Crippen LogP contribution >= 0.6 is 0 Å². The Bertz CT molecular complexity index is 407. The highest BCUT2D eigenvalue weighted by Crippen LogP contribution is 2.33. The van der Waals surface area contributed by atoms with Crippen LogP contribution < -0.4 is 10.6 Å². The van der Waals surface area contributed by atoms with Crippen molar-refractivity contribution < 1.29 is 13.9 Å². The number of methoxy groups -OCH3 is 1. The quantitative estimate of drug-likeness (QED) is 0.807. The standard InChI is InChI=1S/C14H24N2O3/c1-10-6-7-11(19-10)12(14(2,3)4)16-13(17)15-8-9-18-5/h6-7,12H,8-9H2,1-5H3,(H2,15,16,17)/t12-/m0/s1. The van der Waals surface area contributed by atoms with Crippen LogP contribution in [0.2, 0.25) is 0 Å². The fraction of sp³-hybridized carbons (Fsp3) is 0.643. The van der Waals surface area contributed by atoms with Crippen molar-refractivity contribution in [3.63, 3.8) is 0 Å². The van der Waals surface area contributed by atoms with Crippen molar-refractivity contribution >= 4 is 6.03 Å². The van der Waals surface area contributed by atoms with Crippen LogP contribution in [0.1, 0.15) is 38.3 Å². The number of rotatable bonds is 5. The van der Waals surface area contributed by atoms with Gasteiger partial charge in [-0.25, -0.2) is 4.79 Å². The minimum absolute atomic E-state index is 0.136. The number of amides is 2. The first-order chi connectivity index (χ1) is 8.84. The van der Waals surface area contributed by atoms with E-state index >= 15 is 0 Å². The molecule has 5 heteroatoms. The van der Waals surface area contributed by atoms with E-state index in [0.717, 1.165) is 11.5 Å². The lowest BCUT2D eigenvalue weighted by Gasteiger charge is -2.29. The first-order valence-electron chi connectivity index (χ1n) is 6.44. The van der Waals surface area contributed by atoms with Crippen LogP contribution in [-0.2, 0) is 4.74 Å². The summed E-state index contributed by atoms with van der Waals surface area (Å²) in [6.07, 6.45) is 0. The van der Waals surface area contributed by atoms with Gasteiger partial charge in [0.2, 0.25) is 0 Å². The molecule has 108 valence electrons. The lowest BCUT2D eigenvalue weighted by atomic mass is 9.85. The molecule has 0 radical (unpaired) electrons. The number of furan rings is 1. The van der Waals surface area contributed by atoms with Gasteiger partial charge in [-0.2, -0.15) is 0 Å². The topological polar surface area (TPSA) is 63.5 Å². The van der Waals surface area contributed by atoms with Crippen molar-refractivity contribution in [2.45, 2.75) is 33.7 Å². The number of carbonyl (C=O) groups is 1. The van der Waals surface area contributed by atoms with E-state index in [1.165, 1.54) is 0 Å². The Hall–Kier alpha value is -1.49. The fourth-order valence-corrected chi connectivity index (χ4v) is 1.77. The third kappa shape index (κ3) is 4.95.